The van der Waals surface area contributed by atoms with Crippen LogP contribution < -0.4 is 0 Å². The Morgan fingerprint density at radius 1 is 0.967 bits per heavy atom. The second-order valence-electron chi connectivity index (χ2n) is 7.23. The molecule has 0 aliphatic carbocycles. The second kappa shape index (κ2) is 9.37. The number of aromatic amines is 1. The van der Waals surface area contributed by atoms with Gasteiger partial charge in [-0.3, -0.25) is 9.69 Å². The van der Waals surface area contributed by atoms with Gasteiger partial charge in [0.2, 0.25) is 0 Å². The van der Waals surface area contributed by atoms with Crippen molar-refractivity contribution >= 4 is 11.9 Å². The number of nitrogens with one attached hydrogen (secondary N) is 1. The summed E-state index contributed by atoms with van der Waals surface area (Å²) in [6.07, 6.45) is 3.41. The number of ether oxygens (including phenoxy) is 1. The molecule has 4 rings (SSSR count). The van der Waals surface area contributed by atoms with Crippen LogP contribution in [0.1, 0.15) is 15.9 Å². The van der Waals surface area contributed by atoms with Gasteiger partial charge >= 0.3 is 5.97 Å². The summed E-state index contributed by atoms with van der Waals surface area (Å²) in [4.78, 5) is 36.0. The molecule has 1 N–H and O–H groups in total. The lowest BCUT2D eigenvalue weighted by Gasteiger charge is -2.34. The normalized spacial score (nSPS) is 14.5. The summed E-state index contributed by atoms with van der Waals surface area (Å²) in [7, 11) is 0. The number of carbonyl (C=O) groups is 2. The average molecular weight is 404 g/mol. The van der Waals surface area contributed by atoms with E-state index in [-0.39, 0.29) is 12.5 Å². The summed E-state index contributed by atoms with van der Waals surface area (Å²) in [6, 6.07) is 17.2. The van der Waals surface area contributed by atoms with Gasteiger partial charge in [0, 0.05) is 50.7 Å². The first-order valence-corrected chi connectivity index (χ1v) is 10.00. The van der Waals surface area contributed by atoms with E-state index in [1.165, 1.54) is 5.56 Å². The van der Waals surface area contributed by atoms with Gasteiger partial charge in [-0.1, -0.05) is 42.5 Å². The quantitative estimate of drug-likeness (QED) is 0.639. The van der Waals surface area contributed by atoms with Crippen molar-refractivity contribution in [3.8, 4) is 11.4 Å². The van der Waals surface area contributed by atoms with Crippen LogP contribution in [0.2, 0.25) is 0 Å². The summed E-state index contributed by atoms with van der Waals surface area (Å²) in [6.45, 7) is 3.54. The van der Waals surface area contributed by atoms with E-state index in [0.717, 1.165) is 31.0 Å². The van der Waals surface area contributed by atoms with Crippen LogP contribution in [0.3, 0.4) is 0 Å². The fraction of sp³-hybridized carbons (Fsp3) is 0.261. The summed E-state index contributed by atoms with van der Waals surface area (Å²) < 4.78 is 5.23. The highest BCUT2D eigenvalue weighted by Crippen LogP contribution is 2.16. The topological polar surface area (TPSA) is 78.5 Å². The maximum absolute atomic E-state index is 12.4. The van der Waals surface area contributed by atoms with E-state index in [1.54, 1.807) is 41.6 Å². The Balaban J connectivity index is 1.22. The molecule has 1 saturated heterocycles. The number of imidazole rings is 1. The van der Waals surface area contributed by atoms with Crippen LogP contribution in [-0.2, 0) is 16.1 Å². The molecule has 1 aliphatic heterocycles. The first-order chi connectivity index (χ1) is 14.7. The highest BCUT2D eigenvalue weighted by Gasteiger charge is 2.22. The minimum Gasteiger partial charge on any atom is -0.452 e. The van der Waals surface area contributed by atoms with Crippen LogP contribution in [0, 0.1) is 0 Å². The SMILES string of the molecule is O=C(OCC(=O)N1CCN(Cc2ccccc2)CC1)c1ccc(-c2ncc[nH]2)cc1. The van der Waals surface area contributed by atoms with Crippen molar-refractivity contribution in [2.75, 3.05) is 32.8 Å². The number of esters is 1. The Kier molecular flexibility index (Phi) is 6.20. The van der Waals surface area contributed by atoms with Crippen LogP contribution in [0.4, 0.5) is 0 Å². The van der Waals surface area contributed by atoms with Crippen molar-refractivity contribution < 1.29 is 14.3 Å². The van der Waals surface area contributed by atoms with Gasteiger partial charge in [-0.25, -0.2) is 9.78 Å². The standard InChI is InChI=1S/C23H24N4O3/c28-21(27-14-12-26(13-15-27)16-18-4-2-1-3-5-18)17-30-23(29)20-8-6-19(7-9-20)22-24-10-11-25-22/h1-11H,12-17H2,(H,24,25). The Labute approximate surface area is 175 Å². The molecular weight excluding hydrogens is 380 g/mol. The Morgan fingerprint density at radius 3 is 2.37 bits per heavy atom. The van der Waals surface area contributed by atoms with Crippen molar-refractivity contribution in [3.05, 3.63) is 78.1 Å². The summed E-state index contributed by atoms with van der Waals surface area (Å²) in [5.74, 6) is 0.0727. The zero-order valence-corrected chi connectivity index (χ0v) is 16.7. The van der Waals surface area contributed by atoms with Crippen LogP contribution >= 0.6 is 0 Å². The number of nitrogens with zero attached hydrogens (tertiary/aromatic N) is 3. The zero-order chi connectivity index (χ0) is 20.8. The minimum atomic E-state index is -0.503. The predicted molar refractivity (Wildman–Crippen MR) is 113 cm³/mol. The first-order valence-electron chi connectivity index (χ1n) is 10.00. The molecule has 1 fully saturated rings. The van der Waals surface area contributed by atoms with Crippen LogP contribution in [-0.4, -0.2) is 64.4 Å². The van der Waals surface area contributed by atoms with Gasteiger partial charge in [-0.2, -0.15) is 0 Å². The lowest BCUT2D eigenvalue weighted by molar-refractivity contribution is -0.136. The number of piperazine rings is 1. The molecule has 30 heavy (non-hydrogen) atoms. The number of rotatable bonds is 6. The van der Waals surface area contributed by atoms with Gasteiger partial charge in [-0.05, 0) is 17.7 Å². The van der Waals surface area contributed by atoms with E-state index >= 15 is 0 Å². The highest BCUT2D eigenvalue weighted by atomic mass is 16.5. The van der Waals surface area contributed by atoms with E-state index in [4.69, 9.17) is 4.74 Å². The van der Waals surface area contributed by atoms with Crippen LogP contribution in [0.15, 0.2) is 67.0 Å². The number of hydrogen-bond acceptors (Lipinski definition) is 5. The number of carbonyl (C=O) groups excluding carboxylic acids is 2. The summed E-state index contributed by atoms with van der Waals surface area (Å²) in [5.41, 5.74) is 2.55. The molecule has 0 saturated carbocycles. The molecule has 0 bridgehead atoms. The van der Waals surface area contributed by atoms with E-state index < -0.39 is 5.97 Å². The van der Waals surface area contributed by atoms with Crippen LogP contribution in [0.25, 0.3) is 11.4 Å². The zero-order valence-electron chi connectivity index (χ0n) is 16.7. The molecule has 7 nitrogen and oxygen atoms in total. The third-order valence-electron chi connectivity index (χ3n) is 5.19. The molecule has 2 heterocycles. The number of benzene rings is 2. The number of hydrogen-bond donors (Lipinski definition) is 1. The molecule has 2 aromatic carbocycles. The van der Waals surface area contributed by atoms with E-state index in [0.29, 0.717) is 18.7 Å². The molecule has 7 heteroatoms. The van der Waals surface area contributed by atoms with Gasteiger partial charge in [0.25, 0.3) is 5.91 Å². The molecule has 0 spiro atoms. The lowest BCUT2D eigenvalue weighted by Crippen LogP contribution is -2.49. The van der Waals surface area contributed by atoms with Gasteiger partial charge in [0.05, 0.1) is 5.56 Å². The molecule has 1 aliphatic rings. The smallest absolute Gasteiger partial charge is 0.338 e. The molecule has 0 radical (unpaired) electrons. The van der Waals surface area contributed by atoms with Gasteiger partial charge in [-0.15, -0.1) is 0 Å². The molecule has 1 amide bonds. The monoisotopic (exact) mass is 404 g/mol. The van der Waals surface area contributed by atoms with Crippen molar-refractivity contribution in [1.29, 1.82) is 0 Å². The fourth-order valence-corrected chi connectivity index (χ4v) is 3.49. The molecular formula is C23H24N4O3. The van der Waals surface area contributed by atoms with Gasteiger partial charge in [0.15, 0.2) is 6.61 Å². The minimum absolute atomic E-state index is 0.157. The van der Waals surface area contributed by atoms with Crippen molar-refractivity contribution in [1.82, 2.24) is 19.8 Å². The lowest BCUT2D eigenvalue weighted by atomic mass is 10.1. The Hall–Kier alpha value is -3.45. The van der Waals surface area contributed by atoms with Gasteiger partial charge in [0.1, 0.15) is 5.82 Å². The third-order valence-corrected chi connectivity index (χ3v) is 5.19. The van der Waals surface area contributed by atoms with Crippen molar-refractivity contribution in [2.45, 2.75) is 6.54 Å². The number of H-pyrrole nitrogens is 1. The van der Waals surface area contributed by atoms with E-state index in [1.807, 2.05) is 18.2 Å². The van der Waals surface area contributed by atoms with Crippen molar-refractivity contribution in [3.63, 3.8) is 0 Å². The Morgan fingerprint density at radius 2 is 1.70 bits per heavy atom. The predicted octanol–water partition coefficient (Wildman–Crippen LogP) is 2.58. The molecule has 0 atom stereocenters. The average Bonchev–Trinajstić information content (AvgIpc) is 3.34. The molecule has 154 valence electrons. The molecule has 1 aromatic heterocycles. The molecule has 3 aromatic rings. The van der Waals surface area contributed by atoms with E-state index in [2.05, 4.69) is 27.0 Å². The molecule has 0 unspecified atom stereocenters. The third kappa shape index (κ3) is 4.93. The first kappa shape index (κ1) is 19.8. The maximum atomic E-state index is 12.4. The van der Waals surface area contributed by atoms with Crippen LogP contribution in [0.5, 0.6) is 0 Å². The van der Waals surface area contributed by atoms with Crippen molar-refractivity contribution in [2.24, 2.45) is 0 Å². The van der Waals surface area contributed by atoms with E-state index in [9.17, 15) is 9.59 Å². The number of amides is 1. The largest absolute Gasteiger partial charge is 0.452 e. The second-order valence-corrected chi connectivity index (χ2v) is 7.23. The highest BCUT2D eigenvalue weighted by molar-refractivity contribution is 5.91. The number of aromatic nitrogens is 2. The maximum Gasteiger partial charge on any atom is 0.338 e. The fourth-order valence-electron chi connectivity index (χ4n) is 3.49. The Bertz CT molecular complexity index is 963. The summed E-state index contributed by atoms with van der Waals surface area (Å²) in [5, 5.41) is 0. The summed E-state index contributed by atoms with van der Waals surface area (Å²) >= 11 is 0. The van der Waals surface area contributed by atoms with Gasteiger partial charge < -0.3 is 14.6 Å².